The van der Waals surface area contributed by atoms with Crippen molar-refractivity contribution in [3.63, 3.8) is 0 Å². The molecule has 11 nitrogen and oxygen atoms in total. The average Bonchev–Trinajstić information content (AvgIpc) is 2.80. The van der Waals surface area contributed by atoms with Crippen LogP contribution < -0.4 is 14.9 Å². The van der Waals surface area contributed by atoms with E-state index in [2.05, 4.69) is 0 Å². The van der Waals surface area contributed by atoms with Gasteiger partial charge < -0.3 is 44.2 Å². The Kier molecular flexibility index (Phi) is 5.95. The number of carboxylic acids is 1. The van der Waals surface area contributed by atoms with Crippen molar-refractivity contribution in [3.05, 3.63) is 52.9 Å². The normalized spacial score (nSPS) is 25.0. The molecule has 33 heavy (non-hydrogen) atoms. The van der Waals surface area contributed by atoms with Crippen molar-refractivity contribution in [2.75, 3.05) is 7.11 Å². The van der Waals surface area contributed by atoms with Gasteiger partial charge in [0.25, 0.3) is 0 Å². The van der Waals surface area contributed by atoms with E-state index in [0.29, 0.717) is 5.56 Å². The highest BCUT2D eigenvalue weighted by molar-refractivity contribution is 5.84. The van der Waals surface area contributed by atoms with E-state index in [-0.39, 0.29) is 39.2 Å². The highest BCUT2D eigenvalue weighted by atomic mass is 16.7. The highest BCUT2D eigenvalue weighted by Gasteiger charge is 2.48. The summed E-state index contributed by atoms with van der Waals surface area (Å²) in [7, 11) is 1.30. The monoisotopic (exact) mass is 460 g/mol. The minimum absolute atomic E-state index is 0.0425. The number of aliphatic carboxylic acids is 1. The van der Waals surface area contributed by atoms with Crippen LogP contribution in [0.2, 0.25) is 0 Å². The summed E-state index contributed by atoms with van der Waals surface area (Å²) in [4.78, 5) is 24.3. The summed E-state index contributed by atoms with van der Waals surface area (Å²) in [6.45, 7) is 0. The molecule has 3 aromatic rings. The zero-order chi connectivity index (χ0) is 23.9. The molecular formula is C22H20O11. The number of benzene rings is 2. The van der Waals surface area contributed by atoms with E-state index in [1.54, 1.807) is 12.1 Å². The van der Waals surface area contributed by atoms with Crippen LogP contribution >= 0.6 is 0 Å². The fourth-order valence-electron chi connectivity index (χ4n) is 3.50. The molecule has 0 saturated carbocycles. The van der Waals surface area contributed by atoms with Crippen molar-refractivity contribution >= 4 is 16.9 Å². The highest BCUT2D eigenvalue weighted by Crippen LogP contribution is 2.35. The minimum Gasteiger partial charge on any atom is -0.508 e. The van der Waals surface area contributed by atoms with Crippen LogP contribution in [0.15, 0.2) is 51.9 Å². The molecule has 1 saturated heterocycles. The molecule has 1 aliphatic heterocycles. The molecule has 0 bridgehead atoms. The Labute approximate surface area is 185 Å². The largest absolute Gasteiger partial charge is 0.508 e. The van der Waals surface area contributed by atoms with Crippen LogP contribution in [0.5, 0.6) is 17.2 Å². The van der Waals surface area contributed by atoms with E-state index >= 15 is 0 Å². The molecule has 0 aliphatic carbocycles. The van der Waals surface area contributed by atoms with Crippen LogP contribution in [0.3, 0.4) is 0 Å². The Morgan fingerprint density at radius 2 is 1.70 bits per heavy atom. The number of hydrogen-bond acceptors (Lipinski definition) is 10. The second kappa shape index (κ2) is 8.71. The van der Waals surface area contributed by atoms with Crippen molar-refractivity contribution < 1.29 is 49.0 Å². The van der Waals surface area contributed by atoms with Crippen LogP contribution in [0, 0.1) is 0 Å². The van der Waals surface area contributed by atoms with Gasteiger partial charge in [0.15, 0.2) is 17.6 Å². The summed E-state index contributed by atoms with van der Waals surface area (Å²) < 4.78 is 21.5. The van der Waals surface area contributed by atoms with Crippen LogP contribution in [-0.2, 0) is 9.53 Å². The number of fused-ring (bicyclic) bond motifs is 1. The van der Waals surface area contributed by atoms with Crippen molar-refractivity contribution in [2.24, 2.45) is 0 Å². The van der Waals surface area contributed by atoms with Gasteiger partial charge in [-0.1, -0.05) is 12.1 Å². The lowest BCUT2D eigenvalue weighted by Crippen LogP contribution is -2.61. The van der Waals surface area contributed by atoms with Gasteiger partial charge in [-0.2, -0.15) is 0 Å². The predicted molar refractivity (Wildman–Crippen MR) is 111 cm³/mol. The molecule has 1 fully saturated rings. The Bertz CT molecular complexity index is 1230. The molecule has 0 unspecified atom stereocenters. The van der Waals surface area contributed by atoms with Crippen LogP contribution in [0.4, 0.5) is 0 Å². The smallest absolute Gasteiger partial charge is 0.335 e. The number of carboxylic acid groups (broad SMARTS) is 1. The summed E-state index contributed by atoms with van der Waals surface area (Å²) in [5.41, 5.74) is 0.476. The standard InChI is InChI=1S/C22H20O11/c1-30-14-6-11-13(31-8-12(16(11)24)9-2-4-10(23)5-3-9)7-15(14)32-22-19(27)17(25)18(26)20(33-22)21(28)29/h2-8,17-20,22-23,25-27H,1H3,(H,28,29)/t17-,18-,19+,20-,22+/m0/s1. The summed E-state index contributed by atoms with van der Waals surface area (Å²) >= 11 is 0. The first-order chi connectivity index (χ1) is 15.7. The molecule has 1 aromatic heterocycles. The van der Waals surface area contributed by atoms with Crippen LogP contribution in [-0.4, -0.2) is 69.3 Å². The van der Waals surface area contributed by atoms with Gasteiger partial charge in [-0.05, 0) is 23.8 Å². The lowest BCUT2D eigenvalue weighted by molar-refractivity contribution is -0.271. The van der Waals surface area contributed by atoms with Crippen molar-refractivity contribution in [1.82, 2.24) is 0 Å². The van der Waals surface area contributed by atoms with Crippen molar-refractivity contribution in [1.29, 1.82) is 0 Å². The van der Waals surface area contributed by atoms with E-state index in [0.717, 1.165) is 0 Å². The Balaban J connectivity index is 1.72. The molecule has 2 aromatic carbocycles. The average molecular weight is 460 g/mol. The maximum Gasteiger partial charge on any atom is 0.335 e. The molecule has 2 heterocycles. The summed E-state index contributed by atoms with van der Waals surface area (Å²) in [5.74, 6) is -1.54. The number of aliphatic hydroxyl groups is 3. The van der Waals surface area contributed by atoms with E-state index in [1.807, 2.05) is 0 Å². The second-order valence-electron chi connectivity index (χ2n) is 7.38. The Morgan fingerprint density at radius 3 is 2.33 bits per heavy atom. The van der Waals surface area contributed by atoms with Crippen molar-refractivity contribution in [3.8, 4) is 28.4 Å². The first kappa shape index (κ1) is 22.6. The summed E-state index contributed by atoms with van der Waals surface area (Å²) in [5, 5.41) is 48.8. The van der Waals surface area contributed by atoms with Gasteiger partial charge in [0.2, 0.25) is 11.7 Å². The molecule has 5 N–H and O–H groups in total. The van der Waals surface area contributed by atoms with E-state index in [4.69, 9.17) is 18.6 Å². The molecular weight excluding hydrogens is 440 g/mol. The van der Waals surface area contributed by atoms with Crippen LogP contribution in [0.25, 0.3) is 22.1 Å². The number of carbonyl (C=O) groups is 1. The van der Waals surface area contributed by atoms with Gasteiger partial charge in [0.1, 0.15) is 35.9 Å². The molecule has 11 heteroatoms. The number of phenolic OH excluding ortho intramolecular Hbond substituents is 1. The third kappa shape index (κ3) is 4.10. The molecule has 0 radical (unpaired) electrons. The van der Waals surface area contributed by atoms with Gasteiger partial charge in [0, 0.05) is 6.07 Å². The first-order valence-corrected chi connectivity index (χ1v) is 9.73. The van der Waals surface area contributed by atoms with E-state index in [1.165, 1.54) is 37.6 Å². The quantitative estimate of drug-likeness (QED) is 0.357. The van der Waals surface area contributed by atoms with E-state index in [9.17, 15) is 35.1 Å². The van der Waals surface area contributed by atoms with Crippen LogP contribution in [0.1, 0.15) is 0 Å². The summed E-state index contributed by atoms with van der Waals surface area (Å²) in [6.07, 6.45) is -7.77. The number of methoxy groups -OCH3 is 1. The number of rotatable bonds is 5. The second-order valence-corrected chi connectivity index (χ2v) is 7.38. The summed E-state index contributed by atoms with van der Waals surface area (Å²) in [6, 6.07) is 8.61. The molecule has 1 aliphatic rings. The van der Waals surface area contributed by atoms with Gasteiger partial charge in [-0.25, -0.2) is 4.79 Å². The number of ether oxygens (including phenoxy) is 3. The Morgan fingerprint density at radius 1 is 1.00 bits per heavy atom. The number of hydrogen-bond donors (Lipinski definition) is 5. The van der Waals surface area contributed by atoms with Gasteiger partial charge in [0.05, 0.1) is 18.1 Å². The fourth-order valence-corrected chi connectivity index (χ4v) is 3.50. The third-order valence-electron chi connectivity index (χ3n) is 5.29. The maximum atomic E-state index is 13.0. The molecule has 5 atom stereocenters. The zero-order valence-electron chi connectivity index (χ0n) is 17.1. The van der Waals surface area contributed by atoms with E-state index < -0.39 is 36.7 Å². The SMILES string of the molecule is COc1cc2c(=O)c(-c3ccc(O)cc3)coc2cc1O[C@@H]1O[C@H](C(=O)O)[C@@H](O)[C@H](O)[C@H]1O. The first-order valence-electron chi connectivity index (χ1n) is 9.73. The van der Waals surface area contributed by atoms with Gasteiger partial charge >= 0.3 is 5.97 Å². The van der Waals surface area contributed by atoms with Gasteiger partial charge in [-0.15, -0.1) is 0 Å². The molecule has 0 spiro atoms. The fraction of sp³-hybridized carbons (Fsp3) is 0.273. The van der Waals surface area contributed by atoms with Gasteiger partial charge in [-0.3, -0.25) is 4.79 Å². The van der Waals surface area contributed by atoms with Crippen molar-refractivity contribution in [2.45, 2.75) is 30.7 Å². The molecule has 4 rings (SSSR count). The maximum absolute atomic E-state index is 13.0. The number of phenols is 1. The number of aromatic hydroxyl groups is 1. The molecule has 0 amide bonds. The zero-order valence-corrected chi connectivity index (χ0v) is 17.1. The predicted octanol–water partition coefficient (Wildman–Crippen LogP) is 0.445. The topological polar surface area (TPSA) is 176 Å². The third-order valence-corrected chi connectivity index (χ3v) is 5.29. The Hall–Kier alpha value is -3.64. The number of aliphatic hydroxyl groups excluding tert-OH is 3. The minimum atomic E-state index is -1.87. The lowest BCUT2D eigenvalue weighted by Gasteiger charge is -2.38. The molecule has 174 valence electrons. The lowest BCUT2D eigenvalue weighted by atomic mass is 9.99.